The fourth-order valence-corrected chi connectivity index (χ4v) is 4.31. The maximum Gasteiger partial charge on any atom is 0.344 e. The van der Waals surface area contributed by atoms with Crippen molar-refractivity contribution in [1.82, 2.24) is 4.57 Å². The number of hydrogen-bond acceptors (Lipinski definition) is 8. The summed E-state index contributed by atoms with van der Waals surface area (Å²) in [5.41, 5.74) is 0.659. The lowest BCUT2D eigenvalue weighted by atomic mass is 9.95. The van der Waals surface area contributed by atoms with Gasteiger partial charge in [-0.25, -0.2) is 4.79 Å². The highest BCUT2D eigenvalue weighted by Crippen LogP contribution is 2.36. The van der Waals surface area contributed by atoms with Crippen molar-refractivity contribution in [2.45, 2.75) is 6.54 Å². The third-order valence-electron chi connectivity index (χ3n) is 6.04. The molecule has 0 bridgehead atoms. The Labute approximate surface area is 211 Å². The molecule has 37 heavy (non-hydrogen) atoms. The summed E-state index contributed by atoms with van der Waals surface area (Å²) in [6.07, 6.45) is 0. The number of methoxy groups -OCH3 is 4. The van der Waals surface area contributed by atoms with Crippen LogP contribution in [0.1, 0.15) is 15.9 Å². The highest BCUT2D eigenvalue weighted by atomic mass is 16.6. The highest BCUT2D eigenvalue weighted by Gasteiger charge is 2.26. The Hall–Kier alpha value is -4.86. The number of esters is 1. The molecule has 4 rings (SSSR count). The molecule has 4 aromatic rings. The SMILES string of the molecule is COC(=O)c1c(-c2ccc(OC)cc2)c2cc([N+](=O)[O-])ccc2n(Cc2cccc(OC)c2OC)c1=O. The number of carbonyl (C=O) groups is 1. The molecule has 0 saturated heterocycles. The summed E-state index contributed by atoms with van der Waals surface area (Å²) in [6.45, 7) is 0.000401. The van der Waals surface area contributed by atoms with Gasteiger partial charge in [0.1, 0.15) is 11.3 Å². The standard InChI is InChI=1S/C27H24N2O8/c1-34-19-11-8-16(9-12-19)23-20-14-18(29(32)33)10-13-21(20)28(26(30)24(23)27(31)37-4)15-17-6-5-7-22(35-2)25(17)36-3/h5-14H,15H2,1-4H3. The van der Waals surface area contributed by atoms with Crippen molar-refractivity contribution in [3.05, 3.63) is 92.3 Å². The number of fused-ring (bicyclic) bond motifs is 1. The molecule has 0 saturated carbocycles. The molecule has 0 N–H and O–H groups in total. The Balaban J connectivity index is 2.11. The van der Waals surface area contributed by atoms with Gasteiger partial charge in [-0.2, -0.15) is 0 Å². The largest absolute Gasteiger partial charge is 0.497 e. The number of ether oxygens (including phenoxy) is 4. The quantitative estimate of drug-likeness (QED) is 0.196. The molecule has 0 spiro atoms. The van der Waals surface area contributed by atoms with Crippen LogP contribution in [-0.2, 0) is 11.3 Å². The number of hydrogen-bond donors (Lipinski definition) is 0. The number of non-ortho nitro benzene ring substituents is 1. The number of para-hydroxylation sites is 1. The Morgan fingerprint density at radius 3 is 2.27 bits per heavy atom. The van der Waals surface area contributed by atoms with Gasteiger partial charge in [-0.15, -0.1) is 0 Å². The van der Waals surface area contributed by atoms with E-state index in [4.69, 9.17) is 18.9 Å². The normalized spacial score (nSPS) is 10.7. The Kier molecular flexibility index (Phi) is 7.10. The fourth-order valence-electron chi connectivity index (χ4n) is 4.31. The van der Waals surface area contributed by atoms with Crippen LogP contribution in [-0.4, -0.2) is 43.9 Å². The van der Waals surface area contributed by atoms with Crippen LogP contribution in [0.15, 0.2) is 65.5 Å². The number of benzene rings is 3. The van der Waals surface area contributed by atoms with E-state index in [-0.39, 0.29) is 23.4 Å². The maximum atomic E-state index is 13.9. The van der Waals surface area contributed by atoms with E-state index in [9.17, 15) is 19.7 Å². The molecule has 190 valence electrons. The zero-order valence-corrected chi connectivity index (χ0v) is 20.6. The number of aromatic nitrogens is 1. The van der Waals surface area contributed by atoms with Gasteiger partial charge in [-0.05, 0) is 29.8 Å². The Morgan fingerprint density at radius 1 is 0.946 bits per heavy atom. The monoisotopic (exact) mass is 504 g/mol. The van der Waals surface area contributed by atoms with Crippen LogP contribution in [0.4, 0.5) is 5.69 Å². The summed E-state index contributed by atoms with van der Waals surface area (Å²) in [4.78, 5) is 38.0. The van der Waals surface area contributed by atoms with E-state index in [1.807, 2.05) is 0 Å². The molecule has 0 amide bonds. The van der Waals surface area contributed by atoms with E-state index in [0.29, 0.717) is 39.3 Å². The minimum Gasteiger partial charge on any atom is -0.497 e. The second kappa shape index (κ2) is 10.4. The lowest BCUT2D eigenvalue weighted by Crippen LogP contribution is -2.29. The minimum atomic E-state index is -0.865. The number of nitro benzene ring substituents is 1. The lowest BCUT2D eigenvalue weighted by Gasteiger charge is -2.19. The summed E-state index contributed by atoms with van der Waals surface area (Å²) >= 11 is 0. The van der Waals surface area contributed by atoms with Crippen molar-refractivity contribution in [3.63, 3.8) is 0 Å². The summed E-state index contributed by atoms with van der Waals surface area (Å²) < 4.78 is 22.5. The first kappa shape index (κ1) is 25.2. The molecule has 0 aliphatic rings. The molecule has 10 nitrogen and oxygen atoms in total. The third-order valence-corrected chi connectivity index (χ3v) is 6.04. The fraction of sp³-hybridized carbons (Fsp3) is 0.185. The van der Waals surface area contributed by atoms with Gasteiger partial charge in [-0.3, -0.25) is 14.9 Å². The molecule has 0 aliphatic heterocycles. The zero-order valence-electron chi connectivity index (χ0n) is 20.6. The molecular formula is C27H24N2O8. The van der Waals surface area contributed by atoms with Gasteiger partial charge in [0.2, 0.25) is 0 Å². The Morgan fingerprint density at radius 2 is 1.68 bits per heavy atom. The van der Waals surface area contributed by atoms with Crippen molar-refractivity contribution in [2.24, 2.45) is 0 Å². The molecule has 0 fully saturated rings. The highest BCUT2D eigenvalue weighted by molar-refractivity contribution is 6.07. The summed E-state index contributed by atoms with van der Waals surface area (Å²) in [5, 5.41) is 12.0. The first-order valence-electron chi connectivity index (χ1n) is 11.1. The molecule has 1 aromatic heterocycles. The van der Waals surface area contributed by atoms with E-state index in [1.54, 1.807) is 42.5 Å². The van der Waals surface area contributed by atoms with Crippen molar-refractivity contribution < 1.29 is 28.7 Å². The van der Waals surface area contributed by atoms with Gasteiger partial charge in [0, 0.05) is 28.6 Å². The predicted octanol–water partition coefficient (Wildman–Crippen LogP) is 4.44. The van der Waals surface area contributed by atoms with E-state index in [2.05, 4.69) is 0 Å². The van der Waals surface area contributed by atoms with Crippen LogP contribution < -0.4 is 19.8 Å². The van der Waals surface area contributed by atoms with Crippen molar-refractivity contribution in [3.8, 4) is 28.4 Å². The third kappa shape index (κ3) is 4.56. The number of nitro groups is 1. The van der Waals surface area contributed by atoms with Crippen LogP contribution in [0.25, 0.3) is 22.0 Å². The molecule has 10 heteroatoms. The number of carbonyl (C=O) groups excluding carboxylic acids is 1. The second-order valence-electron chi connectivity index (χ2n) is 7.97. The maximum absolute atomic E-state index is 13.9. The minimum absolute atomic E-state index is 0.000401. The van der Waals surface area contributed by atoms with Crippen LogP contribution in [0.3, 0.4) is 0 Å². The topological polar surface area (TPSA) is 119 Å². The van der Waals surface area contributed by atoms with Gasteiger partial charge < -0.3 is 23.5 Å². The molecule has 3 aromatic carbocycles. The van der Waals surface area contributed by atoms with Crippen LogP contribution in [0, 0.1) is 10.1 Å². The van der Waals surface area contributed by atoms with Crippen LogP contribution >= 0.6 is 0 Å². The van der Waals surface area contributed by atoms with Gasteiger partial charge in [0.05, 0.1) is 45.4 Å². The average molecular weight is 504 g/mol. The number of rotatable bonds is 8. The average Bonchev–Trinajstić information content (AvgIpc) is 2.93. The molecule has 0 unspecified atom stereocenters. The van der Waals surface area contributed by atoms with Gasteiger partial charge in [0.25, 0.3) is 11.2 Å². The van der Waals surface area contributed by atoms with Crippen LogP contribution in [0.2, 0.25) is 0 Å². The first-order valence-corrected chi connectivity index (χ1v) is 11.1. The van der Waals surface area contributed by atoms with Crippen molar-refractivity contribution >= 4 is 22.6 Å². The number of pyridine rings is 1. The number of nitrogens with zero attached hydrogens (tertiary/aromatic N) is 2. The molecule has 1 heterocycles. The van der Waals surface area contributed by atoms with E-state index >= 15 is 0 Å². The molecule has 0 radical (unpaired) electrons. The van der Waals surface area contributed by atoms with Crippen molar-refractivity contribution in [1.29, 1.82) is 0 Å². The smallest absolute Gasteiger partial charge is 0.344 e. The first-order chi connectivity index (χ1) is 17.8. The van der Waals surface area contributed by atoms with Gasteiger partial charge >= 0.3 is 5.97 Å². The second-order valence-corrected chi connectivity index (χ2v) is 7.97. The predicted molar refractivity (Wildman–Crippen MR) is 137 cm³/mol. The van der Waals surface area contributed by atoms with Crippen LogP contribution in [0.5, 0.6) is 17.2 Å². The van der Waals surface area contributed by atoms with E-state index < -0.39 is 16.5 Å². The van der Waals surface area contributed by atoms with Gasteiger partial charge in [0.15, 0.2) is 11.5 Å². The molecule has 0 atom stereocenters. The van der Waals surface area contributed by atoms with Gasteiger partial charge in [-0.1, -0.05) is 24.3 Å². The summed E-state index contributed by atoms with van der Waals surface area (Å²) in [5.74, 6) is 0.592. The molecular weight excluding hydrogens is 480 g/mol. The molecule has 0 aliphatic carbocycles. The van der Waals surface area contributed by atoms with E-state index in [1.165, 1.54) is 51.2 Å². The van der Waals surface area contributed by atoms with E-state index in [0.717, 1.165) is 0 Å². The van der Waals surface area contributed by atoms with Crippen molar-refractivity contribution in [2.75, 3.05) is 28.4 Å². The zero-order chi connectivity index (χ0) is 26.7. The lowest BCUT2D eigenvalue weighted by molar-refractivity contribution is -0.384. The summed E-state index contributed by atoms with van der Waals surface area (Å²) in [7, 11) is 5.67. The summed E-state index contributed by atoms with van der Waals surface area (Å²) in [6, 6.07) is 16.1. The Bertz CT molecular complexity index is 1560.